The van der Waals surface area contributed by atoms with Gasteiger partial charge in [0.1, 0.15) is 0 Å². The van der Waals surface area contributed by atoms with Crippen molar-refractivity contribution in [2.75, 3.05) is 0 Å². The number of rotatable bonds is 18. The van der Waals surface area contributed by atoms with Gasteiger partial charge >= 0.3 is 0 Å². The van der Waals surface area contributed by atoms with Crippen molar-refractivity contribution in [2.24, 2.45) is 0 Å². The van der Waals surface area contributed by atoms with Crippen molar-refractivity contribution in [2.45, 2.75) is 123 Å². The number of carbonyl (C=O) groups excluding carboxylic acids is 1. The van der Waals surface area contributed by atoms with Gasteiger partial charge in [-0.05, 0) is 18.9 Å². The van der Waals surface area contributed by atoms with Crippen molar-refractivity contribution in [3.8, 4) is 0 Å². The van der Waals surface area contributed by atoms with Crippen LogP contribution in [0.2, 0.25) is 0 Å². The monoisotopic (exact) mass is 387 g/mol. The Morgan fingerprint density at radius 3 is 1.61 bits per heavy atom. The standard InChI is InChI=1S/C26H45NO/c1-3-4-5-6-7-8-9-10-11-12-13-14-15-16-20-23-26(28)27-24(2)25-21-18-17-19-22-25/h17-19,21-22,24H,3-16,20,23H2,1-2H3,(H,27,28)/t24-/m1/s1. The fourth-order valence-corrected chi connectivity index (χ4v) is 3.80. The molecule has 0 heterocycles. The van der Waals surface area contributed by atoms with Crippen LogP contribution in [0.1, 0.15) is 128 Å². The third-order valence-corrected chi connectivity index (χ3v) is 5.68. The van der Waals surface area contributed by atoms with Gasteiger partial charge < -0.3 is 5.32 Å². The van der Waals surface area contributed by atoms with Crippen LogP contribution in [0.3, 0.4) is 0 Å². The van der Waals surface area contributed by atoms with E-state index >= 15 is 0 Å². The summed E-state index contributed by atoms with van der Waals surface area (Å²) in [5.41, 5.74) is 1.17. The molecule has 0 saturated heterocycles. The Morgan fingerprint density at radius 1 is 0.714 bits per heavy atom. The van der Waals surface area contributed by atoms with Crippen LogP contribution < -0.4 is 5.32 Å². The maximum absolute atomic E-state index is 12.0. The number of unbranched alkanes of at least 4 members (excludes halogenated alkanes) is 14. The Labute approximate surface area is 174 Å². The van der Waals surface area contributed by atoms with E-state index in [1.165, 1.54) is 95.5 Å². The molecule has 0 unspecified atom stereocenters. The molecule has 0 fully saturated rings. The van der Waals surface area contributed by atoms with Crippen molar-refractivity contribution in [1.29, 1.82) is 0 Å². The SMILES string of the molecule is CCCCCCCCCCCCCCCCCC(=O)N[C@H](C)c1ccccc1. The van der Waals surface area contributed by atoms with Crippen molar-refractivity contribution < 1.29 is 4.79 Å². The lowest BCUT2D eigenvalue weighted by molar-refractivity contribution is -0.121. The Hall–Kier alpha value is -1.31. The zero-order chi connectivity index (χ0) is 20.3. The second-order valence-electron chi connectivity index (χ2n) is 8.40. The van der Waals surface area contributed by atoms with Crippen molar-refractivity contribution >= 4 is 5.91 Å². The molecule has 1 aromatic carbocycles. The minimum atomic E-state index is 0.102. The average molecular weight is 388 g/mol. The first kappa shape index (κ1) is 24.7. The molecule has 1 rings (SSSR count). The molecule has 0 radical (unpaired) electrons. The highest BCUT2D eigenvalue weighted by atomic mass is 16.1. The van der Waals surface area contributed by atoms with Gasteiger partial charge in [0.15, 0.2) is 0 Å². The first-order valence-electron chi connectivity index (χ1n) is 12.1. The van der Waals surface area contributed by atoms with Gasteiger partial charge in [0.25, 0.3) is 0 Å². The highest BCUT2D eigenvalue weighted by Crippen LogP contribution is 2.14. The van der Waals surface area contributed by atoms with Gasteiger partial charge in [-0.2, -0.15) is 0 Å². The smallest absolute Gasteiger partial charge is 0.220 e. The van der Waals surface area contributed by atoms with Crippen molar-refractivity contribution in [1.82, 2.24) is 5.32 Å². The second kappa shape index (κ2) is 17.8. The van der Waals surface area contributed by atoms with Gasteiger partial charge in [0, 0.05) is 6.42 Å². The third kappa shape index (κ3) is 13.8. The fourth-order valence-electron chi connectivity index (χ4n) is 3.80. The molecule has 1 atom stereocenters. The van der Waals surface area contributed by atoms with Crippen LogP contribution in [-0.2, 0) is 4.79 Å². The number of hydrogen-bond donors (Lipinski definition) is 1. The predicted molar refractivity (Wildman–Crippen MR) is 123 cm³/mol. The molecule has 1 N–H and O–H groups in total. The summed E-state index contributed by atoms with van der Waals surface area (Å²) in [6.07, 6.45) is 21.0. The zero-order valence-electron chi connectivity index (χ0n) is 18.7. The van der Waals surface area contributed by atoms with E-state index in [0.717, 1.165) is 6.42 Å². The molecule has 160 valence electrons. The number of nitrogens with one attached hydrogen (secondary N) is 1. The molecule has 28 heavy (non-hydrogen) atoms. The first-order chi connectivity index (χ1) is 13.7. The molecule has 0 aliphatic rings. The van der Waals surface area contributed by atoms with Crippen LogP contribution in [0.25, 0.3) is 0 Å². The molecule has 0 aromatic heterocycles. The molecule has 0 saturated carbocycles. The molecule has 0 bridgehead atoms. The number of carbonyl (C=O) groups is 1. The van der Waals surface area contributed by atoms with Crippen LogP contribution in [0.15, 0.2) is 30.3 Å². The molecule has 2 nitrogen and oxygen atoms in total. The lowest BCUT2D eigenvalue weighted by Crippen LogP contribution is -2.26. The predicted octanol–water partition coefficient (Wildman–Crippen LogP) is 8.13. The molecule has 0 spiro atoms. The van der Waals surface area contributed by atoms with Gasteiger partial charge in [0.05, 0.1) is 6.04 Å². The largest absolute Gasteiger partial charge is 0.350 e. The fraction of sp³-hybridized carbons (Fsp3) is 0.731. The van der Waals surface area contributed by atoms with Gasteiger partial charge in [-0.3, -0.25) is 4.79 Å². The van der Waals surface area contributed by atoms with Crippen molar-refractivity contribution in [3.05, 3.63) is 35.9 Å². The van der Waals surface area contributed by atoms with Crippen LogP contribution in [0.4, 0.5) is 0 Å². The number of benzene rings is 1. The molecule has 1 aromatic rings. The number of hydrogen-bond acceptors (Lipinski definition) is 1. The van der Waals surface area contributed by atoms with E-state index in [0.29, 0.717) is 6.42 Å². The topological polar surface area (TPSA) is 29.1 Å². The summed E-state index contributed by atoms with van der Waals surface area (Å²) in [5, 5.41) is 3.11. The molecule has 2 heteroatoms. The quantitative estimate of drug-likeness (QED) is 0.253. The summed E-state index contributed by atoms with van der Waals surface area (Å²) in [5.74, 6) is 0.186. The maximum Gasteiger partial charge on any atom is 0.220 e. The second-order valence-corrected chi connectivity index (χ2v) is 8.40. The summed E-state index contributed by atoms with van der Waals surface area (Å²) in [6.45, 7) is 4.34. The summed E-state index contributed by atoms with van der Waals surface area (Å²) < 4.78 is 0. The average Bonchev–Trinajstić information content (AvgIpc) is 2.71. The van der Waals surface area contributed by atoms with Gasteiger partial charge in [-0.25, -0.2) is 0 Å². The van der Waals surface area contributed by atoms with E-state index in [1.54, 1.807) is 0 Å². The number of amides is 1. The summed E-state index contributed by atoms with van der Waals surface area (Å²) in [6, 6.07) is 10.3. The van der Waals surface area contributed by atoms with E-state index in [1.807, 2.05) is 18.2 Å². The van der Waals surface area contributed by atoms with E-state index in [-0.39, 0.29) is 11.9 Å². The molecule has 1 amide bonds. The van der Waals surface area contributed by atoms with E-state index < -0.39 is 0 Å². The Kier molecular flexibility index (Phi) is 15.7. The minimum Gasteiger partial charge on any atom is -0.350 e. The Morgan fingerprint density at radius 2 is 1.14 bits per heavy atom. The van der Waals surface area contributed by atoms with E-state index in [2.05, 4.69) is 31.3 Å². The zero-order valence-corrected chi connectivity index (χ0v) is 18.7. The molecular weight excluding hydrogens is 342 g/mol. The molecule has 0 aliphatic heterocycles. The van der Waals surface area contributed by atoms with Crippen LogP contribution in [0.5, 0.6) is 0 Å². The van der Waals surface area contributed by atoms with Crippen LogP contribution >= 0.6 is 0 Å². The summed E-state index contributed by atoms with van der Waals surface area (Å²) in [4.78, 5) is 12.0. The Balaban J connectivity index is 1.83. The van der Waals surface area contributed by atoms with Gasteiger partial charge in [-0.1, -0.05) is 127 Å². The lowest BCUT2D eigenvalue weighted by atomic mass is 10.0. The van der Waals surface area contributed by atoms with Crippen molar-refractivity contribution in [3.63, 3.8) is 0 Å². The molecular formula is C26H45NO. The summed E-state index contributed by atoms with van der Waals surface area (Å²) >= 11 is 0. The maximum atomic E-state index is 12.0. The van der Waals surface area contributed by atoms with Crippen LogP contribution in [-0.4, -0.2) is 5.91 Å². The van der Waals surface area contributed by atoms with Crippen LogP contribution in [0, 0.1) is 0 Å². The van der Waals surface area contributed by atoms with Gasteiger partial charge in [-0.15, -0.1) is 0 Å². The molecule has 0 aliphatic carbocycles. The van der Waals surface area contributed by atoms with E-state index in [9.17, 15) is 4.79 Å². The van der Waals surface area contributed by atoms with E-state index in [4.69, 9.17) is 0 Å². The Bertz CT molecular complexity index is 471. The lowest BCUT2D eigenvalue weighted by Gasteiger charge is -2.14. The third-order valence-electron chi connectivity index (χ3n) is 5.68. The first-order valence-corrected chi connectivity index (χ1v) is 12.1. The normalized spacial score (nSPS) is 12.1. The van der Waals surface area contributed by atoms with Gasteiger partial charge in [0.2, 0.25) is 5.91 Å². The summed E-state index contributed by atoms with van der Waals surface area (Å²) in [7, 11) is 0. The highest BCUT2D eigenvalue weighted by molar-refractivity contribution is 5.76. The minimum absolute atomic E-state index is 0.102. The highest BCUT2D eigenvalue weighted by Gasteiger charge is 2.08.